The lowest BCUT2D eigenvalue weighted by Crippen LogP contribution is -2.34. The molecule has 0 radical (unpaired) electrons. The molecule has 0 spiro atoms. The number of nitrogens with two attached hydrogens (primary N) is 1. The lowest BCUT2D eigenvalue weighted by Gasteiger charge is -2.20. The SMILES string of the molecule is CC/C=C\C/C=C\C/C=C\C/C=C\CCC(=O)OC(COC(=O)CCCCCCC/C=C\C/C=C\CCCCCC)COP(=O)(O)OCC(N)C(=O)O. The van der Waals surface area contributed by atoms with Crippen LogP contribution in [0, 0.1) is 0 Å². The highest BCUT2D eigenvalue weighted by Crippen LogP contribution is 2.43. The maximum atomic E-state index is 12.5. The van der Waals surface area contributed by atoms with Crippen LogP contribution in [-0.4, -0.2) is 59.9 Å². The van der Waals surface area contributed by atoms with E-state index < -0.39 is 51.1 Å². The van der Waals surface area contributed by atoms with Gasteiger partial charge in [0.2, 0.25) is 0 Å². The van der Waals surface area contributed by atoms with Crippen molar-refractivity contribution in [2.45, 2.75) is 148 Å². The molecular weight excluding hydrogens is 697 g/mol. The molecule has 0 bridgehead atoms. The second kappa shape index (κ2) is 35.9. The Morgan fingerprint density at radius 2 is 1.09 bits per heavy atom. The van der Waals surface area contributed by atoms with Gasteiger partial charge in [-0.25, -0.2) is 4.57 Å². The van der Waals surface area contributed by atoms with Gasteiger partial charge < -0.3 is 25.2 Å². The number of carboxylic acids is 1. The van der Waals surface area contributed by atoms with Crippen LogP contribution in [0.2, 0.25) is 0 Å². The maximum Gasteiger partial charge on any atom is 0.472 e. The number of rotatable bonds is 35. The smallest absolute Gasteiger partial charge is 0.472 e. The molecule has 0 aliphatic rings. The van der Waals surface area contributed by atoms with Crippen LogP contribution in [0.15, 0.2) is 72.9 Å². The molecule has 0 aliphatic heterocycles. The van der Waals surface area contributed by atoms with Gasteiger partial charge >= 0.3 is 25.7 Å². The van der Waals surface area contributed by atoms with E-state index in [2.05, 4.69) is 73.1 Å². The number of ether oxygens (including phenoxy) is 2. The summed E-state index contributed by atoms with van der Waals surface area (Å²) in [7, 11) is -4.74. The zero-order chi connectivity index (χ0) is 39.3. The number of carbonyl (C=O) groups excluding carboxylic acids is 2. The average Bonchev–Trinajstić information content (AvgIpc) is 3.13. The van der Waals surface area contributed by atoms with Crippen molar-refractivity contribution in [3.63, 3.8) is 0 Å². The number of hydrogen-bond acceptors (Lipinski definition) is 9. The second-order valence-corrected chi connectivity index (χ2v) is 14.1. The molecule has 0 fully saturated rings. The zero-order valence-electron chi connectivity index (χ0n) is 32.3. The van der Waals surface area contributed by atoms with Crippen molar-refractivity contribution in [2.24, 2.45) is 5.73 Å². The number of aliphatic carboxylic acids is 1. The summed E-state index contributed by atoms with van der Waals surface area (Å²) >= 11 is 0. The van der Waals surface area contributed by atoms with Crippen molar-refractivity contribution in [1.29, 1.82) is 0 Å². The molecule has 0 rings (SSSR count). The Kier molecular flexibility index (Phi) is 33.8. The molecule has 0 saturated carbocycles. The Hall–Kier alpha value is -3.08. The molecule has 0 aromatic heterocycles. The minimum absolute atomic E-state index is 0.0332. The first-order chi connectivity index (χ1) is 25.6. The summed E-state index contributed by atoms with van der Waals surface area (Å²) in [6, 6.07) is -1.54. The standard InChI is InChI=1S/C41H68NO10P/c1-3-5-7-9-11-13-15-17-18-19-21-22-24-26-28-30-32-39(43)49-34-37(35-50-53(47,48)51-36-38(42)41(45)46)52-40(44)33-31-29-27-25-23-20-16-14-12-10-8-6-4-2/h6,8,12-15,18-20,23,27,29,37-38H,3-5,7,9-11,16-17,21-22,24-26,28,30-36,42H2,1-2H3,(H,45,46)(H,47,48)/b8-6-,14-12-,15-13-,19-18-,23-20-,29-27-. The molecule has 12 heteroatoms. The largest absolute Gasteiger partial charge is 0.480 e. The molecule has 3 atom stereocenters. The van der Waals surface area contributed by atoms with E-state index >= 15 is 0 Å². The fraction of sp³-hybridized carbons (Fsp3) is 0.634. The summed E-state index contributed by atoms with van der Waals surface area (Å²) in [6.07, 6.45) is 41.3. The molecule has 0 saturated heterocycles. The molecule has 0 amide bonds. The fourth-order valence-corrected chi connectivity index (χ4v) is 5.41. The summed E-state index contributed by atoms with van der Waals surface area (Å²) in [4.78, 5) is 45.7. The lowest BCUT2D eigenvalue weighted by molar-refractivity contribution is -0.161. The van der Waals surface area contributed by atoms with Crippen LogP contribution in [-0.2, 0) is 37.5 Å². The van der Waals surface area contributed by atoms with Gasteiger partial charge in [-0.3, -0.25) is 23.4 Å². The predicted octanol–water partition coefficient (Wildman–Crippen LogP) is 9.78. The Labute approximate surface area is 319 Å². The Morgan fingerprint density at radius 1 is 0.604 bits per heavy atom. The van der Waals surface area contributed by atoms with E-state index in [1.165, 1.54) is 25.7 Å². The van der Waals surface area contributed by atoms with Crippen molar-refractivity contribution in [3.8, 4) is 0 Å². The Balaban J connectivity index is 4.55. The Morgan fingerprint density at radius 3 is 1.66 bits per heavy atom. The van der Waals surface area contributed by atoms with Crippen LogP contribution in [0.5, 0.6) is 0 Å². The number of allylic oxidation sites excluding steroid dienone is 12. The number of phosphoric acid groups is 1. The molecule has 0 aromatic carbocycles. The minimum atomic E-state index is -4.74. The van der Waals surface area contributed by atoms with E-state index in [9.17, 15) is 23.8 Å². The number of esters is 2. The first kappa shape index (κ1) is 49.9. The molecule has 53 heavy (non-hydrogen) atoms. The maximum absolute atomic E-state index is 12.5. The van der Waals surface area contributed by atoms with Crippen LogP contribution in [0.25, 0.3) is 0 Å². The van der Waals surface area contributed by atoms with Gasteiger partial charge in [-0.05, 0) is 70.6 Å². The lowest BCUT2D eigenvalue weighted by atomic mass is 10.1. The average molecular weight is 766 g/mol. The normalized spacial score (nSPS) is 14.6. The highest BCUT2D eigenvalue weighted by Gasteiger charge is 2.28. The highest BCUT2D eigenvalue weighted by molar-refractivity contribution is 7.47. The Bertz CT molecular complexity index is 1180. The van der Waals surface area contributed by atoms with E-state index in [0.717, 1.165) is 70.6 Å². The molecule has 302 valence electrons. The third kappa shape index (κ3) is 35.7. The molecule has 0 aliphatic carbocycles. The van der Waals surface area contributed by atoms with Gasteiger partial charge in [-0.2, -0.15) is 0 Å². The molecule has 3 unspecified atom stereocenters. The zero-order valence-corrected chi connectivity index (χ0v) is 33.2. The number of hydrogen-bond donors (Lipinski definition) is 3. The predicted molar refractivity (Wildman–Crippen MR) is 212 cm³/mol. The third-order valence-electron chi connectivity index (χ3n) is 7.70. The topological polar surface area (TPSA) is 172 Å². The third-order valence-corrected chi connectivity index (χ3v) is 8.65. The van der Waals surface area contributed by atoms with Gasteiger partial charge in [0.15, 0.2) is 6.10 Å². The fourth-order valence-electron chi connectivity index (χ4n) is 4.64. The van der Waals surface area contributed by atoms with Gasteiger partial charge in [0.25, 0.3) is 0 Å². The van der Waals surface area contributed by atoms with Crippen molar-refractivity contribution >= 4 is 25.7 Å². The molecule has 0 aromatic rings. The van der Waals surface area contributed by atoms with Crippen LogP contribution in [0.3, 0.4) is 0 Å². The molecule has 4 N–H and O–H groups in total. The minimum Gasteiger partial charge on any atom is -0.480 e. The molecule has 11 nitrogen and oxygen atoms in total. The first-order valence-electron chi connectivity index (χ1n) is 19.5. The van der Waals surface area contributed by atoms with Crippen molar-refractivity contribution in [2.75, 3.05) is 19.8 Å². The summed E-state index contributed by atoms with van der Waals surface area (Å²) in [6.45, 7) is 2.55. The monoisotopic (exact) mass is 765 g/mol. The number of carbonyl (C=O) groups is 3. The van der Waals surface area contributed by atoms with E-state index in [-0.39, 0.29) is 19.4 Å². The van der Waals surface area contributed by atoms with Gasteiger partial charge in [0, 0.05) is 12.8 Å². The quantitative estimate of drug-likeness (QED) is 0.0243. The van der Waals surface area contributed by atoms with E-state index in [0.29, 0.717) is 12.8 Å². The van der Waals surface area contributed by atoms with Crippen molar-refractivity contribution < 1.29 is 47.5 Å². The summed E-state index contributed by atoms with van der Waals surface area (Å²) in [5, 5.41) is 8.86. The molecule has 0 heterocycles. The van der Waals surface area contributed by atoms with Crippen LogP contribution in [0.4, 0.5) is 0 Å². The van der Waals surface area contributed by atoms with Crippen LogP contribution in [0.1, 0.15) is 136 Å². The summed E-state index contributed by atoms with van der Waals surface area (Å²) < 4.78 is 32.5. The van der Waals surface area contributed by atoms with Gasteiger partial charge in [0.1, 0.15) is 12.6 Å². The number of unbranched alkanes of at least 4 members (excludes halogenated alkanes) is 9. The van der Waals surface area contributed by atoms with Gasteiger partial charge in [0.05, 0.1) is 13.2 Å². The summed E-state index contributed by atoms with van der Waals surface area (Å²) in [5.74, 6) is -2.51. The summed E-state index contributed by atoms with van der Waals surface area (Å²) in [5.41, 5.74) is 5.31. The van der Waals surface area contributed by atoms with Crippen molar-refractivity contribution in [3.05, 3.63) is 72.9 Å². The van der Waals surface area contributed by atoms with Crippen molar-refractivity contribution in [1.82, 2.24) is 0 Å². The van der Waals surface area contributed by atoms with Crippen LogP contribution >= 0.6 is 7.82 Å². The number of carboxylic acid groups (broad SMARTS) is 1. The van der Waals surface area contributed by atoms with E-state index in [1.54, 1.807) is 0 Å². The van der Waals surface area contributed by atoms with Gasteiger partial charge in [-0.15, -0.1) is 0 Å². The van der Waals surface area contributed by atoms with E-state index in [1.807, 2.05) is 18.2 Å². The second-order valence-electron chi connectivity index (χ2n) is 12.7. The van der Waals surface area contributed by atoms with Crippen LogP contribution < -0.4 is 5.73 Å². The molecular formula is C41H68NO10P. The first-order valence-corrected chi connectivity index (χ1v) is 21.0. The van der Waals surface area contributed by atoms with Gasteiger partial charge in [-0.1, -0.05) is 125 Å². The number of phosphoric ester groups is 1. The van der Waals surface area contributed by atoms with E-state index in [4.69, 9.17) is 24.8 Å². The highest BCUT2D eigenvalue weighted by atomic mass is 31.2.